The second-order valence-electron chi connectivity index (χ2n) is 4.80. The van der Waals surface area contributed by atoms with E-state index in [-0.39, 0.29) is 5.78 Å². The number of halogens is 1. The number of hydrogen-bond donors (Lipinski definition) is 0. The van der Waals surface area contributed by atoms with E-state index in [1.807, 2.05) is 50.2 Å². The average Bonchev–Trinajstić information content (AvgIpc) is 2.42. The van der Waals surface area contributed by atoms with E-state index in [2.05, 4.69) is 6.92 Å². The van der Waals surface area contributed by atoms with E-state index in [9.17, 15) is 4.79 Å². The number of hydrogen-bond acceptors (Lipinski definition) is 1. The van der Waals surface area contributed by atoms with Crippen molar-refractivity contribution < 1.29 is 4.79 Å². The molecule has 0 amide bonds. The largest absolute Gasteiger partial charge is 0.289 e. The van der Waals surface area contributed by atoms with E-state index in [1.54, 1.807) is 0 Å². The molecule has 2 heteroatoms. The number of carbonyl (C=O) groups excluding carboxylic acids is 1. The van der Waals surface area contributed by atoms with Gasteiger partial charge < -0.3 is 0 Å². The summed E-state index contributed by atoms with van der Waals surface area (Å²) in [6, 6.07) is 11.4. The number of carbonyl (C=O) groups is 1. The van der Waals surface area contributed by atoms with Gasteiger partial charge in [-0.1, -0.05) is 42.8 Å². The van der Waals surface area contributed by atoms with Gasteiger partial charge in [-0.3, -0.25) is 4.79 Å². The SMILES string of the molecule is CCc1ccc(C(=O)c2cc(C)c(C)cc2Cl)cc1. The average molecular weight is 273 g/mol. The number of aryl methyl sites for hydroxylation is 3. The summed E-state index contributed by atoms with van der Waals surface area (Å²) in [7, 11) is 0. The molecule has 2 aromatic carbocycles. The van der Waals surface area contributed by atoms with Crippen molar-refractivity contribution >= 4 is 17.4 Å². The molecule has 19 heavy (non-hydrogen) atoms. The Bertz CT molecular complexity index is 612. The van der Waals surface area contributed by atoms with E-state index in [4.69, 9.17) is 11.6 Å². The minimum absolute atomic E-state index is 0.0178. The molecule has 0 heterocycles. The van der Waals surface area contributed by atoms with Gasteiger partial charge >= 0.3 is 0 Å². The van der Waals surface area contributed by atoms with Crippen LogP contribution in [0, 0.1) is 13.8 Å². The third-order valence-electron chi connectivity index (χ3n) is 3.45. The van der Waals surface area contributed by atoms with Gasteiger partial charge in [-0.2, -0.15) is 0 Å². The van der Waals surface area contributed by atoms with Gasteiger partial charge in [-0.25, -0.2) is 0 Å². The Balaban J connectivity index is 2.40. The number of ketones is 1. The summed E-state index contributed by atoms with van der Waals surface area (Å²) in [6.45, 7) is 6.07. The van der Waals surface area contributed by atoms with Crippen LogP contribution in [0.5, 0.6) is 0 Å². The third kappa shape index (κ3) is 2.87. The molecule has 0 aromatic heterocycles. The standard InChI is InChI=1S/C17H17ClO/c1-4-13-5-7-14(8-6-13)17(19)15-9-11(2)12(3)10-16(15)18/h5-10H,4H2,1-3H3. The minimum atomic E-state index is -0.0178. The van der Waals surface area contributed by atoms with E-state index >= 15 is 0 Å². The van der Waals surface area contributed by atoms with Gasteiger partial charge in [0.1, 0.15) is 0 Å². The lowest BCUT2D eigenvalue weighted by atomic mass is 9.98. The minimum Gasteiger partial charge on any atom is -0.289 e. The van der Waals surface area contributed by atoms with Crippen LogP contribution in [0.2, 0.25) is 5.02 Å². The van der Waals surface area contributed by atoms with Crippen molar-refractivity contribution in [3.05, 3.63) is 69.2 Å². The van der Waals surface area contributed by atoms with Crippen molar-refractivity contribution in [3.8, 4) is 0 Å². The second-order valence-corrected chi connectivity index (χ2v) is 5.20. The molecule has 0 atom stereocenters. The molecule has 1 nitrogen and oxygen atoms in total. The van der Waals surface area contributed by atoms with Crippen LogP contribution in [0.1, 0.15) is 39.5 Å². The van der Waals surface area contributed by atoms with Crippen molar-refractivity contribution in [2.45, 2.75) is 27.2 Å². The fraction of sp³-hybridized carbons (Fsp3) is 0.235. The lowest BCUT2D eigenvalue weighted by molar-refractivity contribution is 0.103. The van der Waals surface area contributed by atoms with Crippen LogP contribution in [0.4, 0.5) is 0 Å². The molecule has 0 saturated carbocycles. The smallest absolute Gasteiger partial charge is 0.194 e. The molecule has 0 radical (unpaired) electrons. The Hall–Kier alpha value is -1.60. The highest BCUT2D eigenvalue weighted by Gasteiger charge is 2.14. The zero-order valence-electron chi connectivity index (χ0n) is 11.5. The van der Waals surface area contributed by atoms with Gasteiger partial charge in [0.15, 0.2) is 5.78 Å². The first-order valence-electron chi connectivity index (χ1n) is 6.43. The summed E-state index contributed by atoms with van der Waals surface area (Å²) in [5.74, 6) is -0.0178. The molecule has 0 aliphatic heterocycles. The molecule has 0 fully saturated rings. The lowest BCUT2D eigenvalue weighted by Crippen LogP contribution is -2.03. The lowest BCUT2D eigenvalue weighted by Gasteiger charge is -2.08. The fourth-order valence-corrected chi connectivity index (χ4v) is 2.31. The van der Waals surface area contributed by atoms with Crippen molar-refractivity contribution in [3.63, 3.8) is 0 Å². The summed E-state index contributed by atoms with van der Waals surface area (Å²) >= 11 is 6.18. The first kappa shape index (κ1) is 13.8. The van der Waals surface area contributed by atoms with Gasteiger partial charge in [0, 0.05) is 11.1 Å². The van der Waals surface area contributed by atoms with Gasteiger partial charge in [0.2, 0.25) is 0 Å². The van der Waals surface area contributed by atoms with E-state index in [0.717, 1.165) is 17.5 Å². The predicted molar refractivity (Wildman–Crippen MR) is 80.2 cm³/mol. The summed E-state index contributed by atoms with van der Waals surface area (Å²) in [4.78, 5) is 12.4. The molecule has 0 saturated heterocycles. The zero-order valence-corrected chi connectivity index (χ0v) is 12.2. The first-order valence-corrected chi connectivity index (χ1v) is 6.81. The summed E-state index contributed by atoms with van der Waals surface area (Å²) < 4.78 is 0. The number of rotatable bonds is 3. The molecule has 2 rings (SSSR count). The summed E-state index contributed by atoms with van der Waals surface area (Å²) in [6.07, 6.45) is 0.971. The molecule has 0 unspecified atom stereocenters. The Kier molecular flexibility index (Phi) is 4.06. The van der Waals surface area contributed by atoms with Gasteiger partial charge in [0.25, 0.3) is 0 Å². The van der Waals surface area contributed by atoms with Gasteiger partial charge in [-0.15, -0.1) is 0 Å². The normalized spacial score (nSPS) is 10.5. The van der Waals surface area contributed by atoms with E-state index < -0.39 is 0 Å². The highest BCUT2D eigenvalue weighted by atomic mass is 35.5. The Morgan fingerprint density at radius 2 is 1.63 bits per heavy atom. The highest BCUT2D eigenvalue weighted by Crippen LogP contribution is 2.23. The maximum Gasteiger partial charge on any atom is 0.194 e. The van der Waals surface area contributed by atoms with Crippen LogP contribution < -0.4 is 0 Å². The maximum atomic E-state index is 12.4. The Labute approximate surface area is 119 Å². The van der Waals surface area contributed by atoms with Crippen LogP contribution in [-0.2, 0) is 6.42 Å². The third-order valence-corrected chi connectivity index (χ3v) is 3.77. The van der Waals surface area contributed by atoms with Crippen molar-refractivity contribution in [1.82, 2.24) is 0 Å². The van der Waals surface area contributed by atoms with Crippen molar-refractivity contribution in [2.75, 3.05) is 0 Å². The zero-order chi connectivity index (χ0) is 14.0. The highest BCUT2D eigenvalue weighted by molar-refractivity contribution is 6.35. The molecule has 2 aromatic rings. The van der Waals surface area contributed by atoms with E-state index in [0.29, 0.717) is 16.1 Å². The molecule has 0 aliphatic rings. The van der Waals surface area contributed by atoms with Crippen LogP contribution in [0.25, 0.3) is 0 Å². The molecule has 0 aliphatic carbocycles. The molecule has 98 valence electrons. The molecule has 0 bridgehead atoms. The molecular formula is C17H17ClO. The molecular weight excluding hydrogens is 256 g/mol. The topological polar surface area (TPSA) is 17.1 Å². The number of benzene rings is 2. The summed E-state index contributed by atoms with van der Waals surface area (Å²) in [5.41, 5.74) is 4.67. The van der Waals surface area contributed by atoms with Gasteiger partial charge in [0.05, 0.1) is 5.02 Å². The van der Waals surface area contributed by atoms with Crippen molar-refractivity contribution in [1.29, 1.82) is 0 Å². The predicted octanol–water partition coefficient (Wildman–Crippen LogP) is 4.75. The summed E-state index contributed by atoms with van der Waals surface area (Å²) in [5, 5.41) is 0.521. The van der Waals surface area contributed by atoms with Crippen LogP contribution in [0.15, 0.2) is 36.4 Å². The quantitative estimate of drug-likeness (QED) is 0.737. The van der Waals surface area contributed by atoms with Crippen molar-refractivity contribution in [2.24, 2.45) is 0 Å². The Morgan fingerprint density at radius 3 is 2.21 bits per heavy atom. The second kappa shape index (κ2) is 5.58. The Morgan fingerprint density at radius 1 is 1.05 bits per heavy atom. The van der Waals surface area contributed by atoms with Crippen LogP contribution in [-0.4, -0.2) is 5.78 Å². The van der Waals surface area contributed by atoms with Gasteiger partial charge in [-0.05, 0) is 49.1 Å². The maximum absolute atomic E-state index is 12.4. The van der Waals surface area contributed by atoms with Crippen LogP contribution >= 0.6 is 11.6 Å². The molecule has 0 N–H and O–H groups in total. The van der Waals surface area contributed by atoms with Crippen LogP contribution in [0.3, 0.4) is 0 Å². The molecule has 0 spiro atoms. The monoisotopic (exact) mass is 272 g/mol. The first-order chi connectivity index (χ1) is 9.02. The fourth-order valence-electron chi connectivity index (χ4n) is 2.00. The van der Waals surface area contributed by atoms with E-state index in [1.165, 1.54) is 5.56 Å².